The molecule has 12 heavy (non-hydrogen) atoms. The van der Waals surface area contributed by atoms with Gasteiger partial charge in [-0.2, -0.15) is 0 Å². The predicted octanol–water partition coefficient (Wildman–Crippen LogP) is 1.55. The maximum absolute atomic E-state index is 11.6. The van der Waals surface area contributed by atoms with Crippen molar-refractivity contribution >= 4 is 5.78 Å². The Morgan fingerprint density at radius 3 is 2.67 bits per heavy atom. The van der Waals surface area contributed by atoms with Gasteiger partial charge in [0.25, 0.3) is 0 Å². The molecule has 0 aromatic heterocycles. The fraction of sp³-hybridized carbons (Fsp3) is 0.700. The summed E-state index contributed by atoms with van der Waals surface area (Å²) in [6.07, 6.45) is 2.22. The zero-order chi connectivity index (χ0) is 8.88. The summed E-state index contributed by atoms with van der Waals surface area (Å²) in [5, 5.41) is 0. The first kappa shape index (κ1) is 7.99. The Bertz CT molecular complexity index is 255. The third kappa shape index (κ3) is 0.876. The summed E-state index contributed by atoms with van der Waals surface area (Å²) in [5.41, 5.74) is 1.23. The minimum absolute atomic E-state index is 0.0497. The van der Waals surface area contributed by atoms with Gasteiger partial charge in [0, 0.05) is 11.8 Å². The maximum atomic E-state index is 11.6. The number of carbonyl (C=O) groups is 1. The van der Waals surface area contributed by atoms with Crippen molar-refractivity contribution in [3.05, 3.63) is 11.6 Å². The highest BCUT2D eigenvalue weighted by Crippen LogP contribution is 2.36. The Labute approximate surface area is 72.6 Å². The van der Waals surface area contributed by atoms with Crippen molar-refractivity contribution in [2.24, 2.45) is 11.8 Å². The van der Waals surface area contributed by atoms with E-state index in [1.54, 1.807) is 0 Å². The lowest BCUT2D eigenvalue weighted by Crippen LogP contribution is -2.41. The lowest BCUT2D eigenvalue weighted by molar-refractivity contribution is -0.143. The fourth-order valence-electron chi connectivity index (χ4n) is 2.17. The van der Waals surface area contributed by atoms with Crippen LogP contribution in [0.25, 0.3) is 0 Å². The SMILES string of the molecule is CC1=C[C@H]2O[C@@H]1[C@H](C)C(=O)[C@H]2C. The Hall–Kier alpha value is -0.630. The molecule has 0 amide bonds. The van der Waals surface area contributed by atoms with E-state index in [-0.39, 0.29) is 24.0 Å². The summed E-state index contributed by atoms with van der Waals surface area (Å²) in [7, 11) is 0. The summed E-state index contributed by atoms with van der Waals surface area (Å²) in [5.74, 6) is 0.452. The number of hydrogen-bond acceptors (Lipinski definition) is 2. The topological polar surface area (TPSA) is 26.3 Å². The molecule has 0 aromatic rings. The molecular formula is C10H14O2. The first-order chi connectivity index (χ1) is 5.61. The highest BCUT2D eigenvalue weighted by molar-refractivity contribution is 5.86. The summed E-state index contributed by atoms with van der Waals surface area (Å²) < 4.78 is 5.69. The normalized spacial score (nSPS) is 46.2. The second-order valence-electron chi connectivity index (χ2n) is 3.91. The van der Waals surface area contributed by atoms with Crippen molar-refractivity contribution in [1.29, 1.82) is 0 Å². The third-order valence-corrected chi connectivity index (χ3v) is 3.02. The fourth-order valence-corrected chi connectivity index (χ4v) is 2.17. The summed E-state index contributed by atoms with van der Waals surface area (Å²) in [6, 6.07) is 0. The summed E-state index contributed by atoms with van der Waals surface area (Å²) in [6.45, 7) is 5.96. The van der Waals surface area contributed by atoms with Crippen molar-refractivity contribution < 1.29 is 9.53 Å². The number of rotatable bonds is 0. The van der Waals surface area contributed by atoms with Crippen LogP contribution in [0.5, 0.6) is 0 Å². The van der Waals surface area contributed by atoms with Gasteiger partial charge >= 0.3 is 0 Å². The minimum Gasteiger partial charge on any atom is -0.365 e. The van der Waals surface area contributed by atoms with Gasteiger partial charge in [-0.05, 0) is 12.5 Å². The summed E-state index contributed by atoms with van der Waals surface area (Å²) in [4.78, 5) is 11.6. The largest absolute Gasteiger partial charge is 0.365 e. The van der Waals surface area contributed by atoms with E-state index in [0.29, 0.717) is 5.78 Å². The number of ether oxygens (including phenoxy) is 1. The number of carbonyl (C=O) groups excluding carboxylic acids is 1. The zero-order valence-electron chi connectivity index (χ0n) is 7.70. The molecule has 1 fully saturated rings. The van der Waals surface area contributed by atoms with Gasteiger partial charge in [-0.25, -0.2) is 0 Å². The van der Waals surface area contributed by atoms with E-state index in [2.05, 4.69) is 6.08 Å². The average Bonchev–Trinajstić information content (AvgIpc) is 2.39. The van der Waals surface area contributed by atoms with Gasteiger partial charge in [-0.15, -0.1) is 0 Å². The first-order valence-electron chi connectivity index (χ1n) is 4.48. The molecule has 2 aliphatic heterocycles. The molecule has 0 aliphatic carbocycles. The molecule has 0 aromatic carbocycles. The Morgan fingerprint density at radius 2 is 2.00 bits per heavy atom. The molecule has 2 bridgehead atoms. The van der Waals surface area contributed by atoms with Crippen LogP contribution in [0, 0.1) is 11.8 Å². The van der Waals surface area contributed by atoms with Gasteiger partial charge in [0.05, 0.1) is 12.2 Å². The van der Waals surface area contributed by atoms with Crippen LogP contribution in [0.1, 0.15) is 20.8 Å². The van der Waals surface area contributed by atoms with Crippen LogP contribution in [0.3, 0.4) is 0 Å². The van der Waals surface area contributed by atoms with Crippen molar-refractivity contribution in [1.82, 2.24) is 0 Å². The summed E-state index contributed by atoms with van der Waals surface area (Å²) >= 11 is 0. The van der Waals surface area contributed by atoms with Crippen LogP contribution in [0.2, 0.25) is 0 Å². The van der Waals surface area contributed by atoms with E-state index in [1.807, 2.05) is 20.8 Å². The molecule has 0 spiro atoms. The van der Waals surface area contributed by atoms with Gasteiger partial charge in [-0.1, -0.05) is 19.9 Å². The van der Waals surface area contributed by atoms with Gasteiger partial charge in [0.1, 0.15) is 5.78 Å². The number of hydrogen-bond donors (Lipinski definition) is 0. The van der Waals surface area contributed by atoms with Crippen LogP contribution < -0.4 is 0 Å². The molecule has 2 heteroatoms. The predicted molar refractivity (Wildman–Crippen MR) is 45.8 cm³/mol. The molecule has 0 radical (unpaired) electrons. The molecular weight excluding hydrogens is 152 g/mol. The Balaban J connectivity index is 2.34. The molecule has 2 nitrogen and oxygen atoms in total. The van der Waals surface area contributed by atoms with E-state index in [0.717, 1.165) is 0 Å². The highest BCUT2D eigenvalue weighted by atomic mass is 16.5. The highest BCUT2D eigenvalue weighted by Gasteiger charge is 2.43. The van der Waals surface area contributed by atoms with Gasteiger partial charge in [0.2, 0.25) is 0 Å². The molecule has 0 N–H and O–H groups in total. The van der Waals surface area contributed by atoms with Crippen molar-refractivity contribution in [3.8, 4) is 0 Å². The Kier molecular flexibility index (Phi) is 1.62. The van der Waals surface area contributed by atoms with E-state index < -0.39 is 0 Å². The lowest BCUT2D eigenvalue weighted by atomic mass is 9.87. The van der Waals surface area contributed by atoms with Crippen molar-refractivity contribution in [2.45, 2.75) is 33.0 Å². The number of fused-ring (bicyclic) bond motifs is 2. The van der Waals surface area contributed by atoms with Gasteiger partial charge < -0.3 is 4.74 Å². The van der Waals surface area contributed by atoms with Gasteiger partial charge in [-0.3, -0.25) is 4.79 Å². The van der Waals surface area contributed by atoms with Crippen LogP contribution in [-0.2, 0) is 9.53 Å². The van der Waals surface area contributed by atoms with E-state index >= 15 is 0 Å². The monoisotopic (exact) mass is 166 g/mol. The zero-order valence-corrected chi connectivity index (χ0v) is 7.70. The minimum atomic E-state index is 0.0497. The first-order valence-corrected chi connectivity index (χ1v) is 4.48. The molecule has 0 unspecified atom stereocenters. The van der Waals surface area contributed by atoms with Crippen molar-refractivity contribution in [2.75, 3.05) is 0 Å². The van der Waals surface area contributed by atoms with Gasteiger partial charge in [0.15, 0.2) is 0 Å². The molecule has 2 aliphatic rings. The standard InChI is InChI=1S/C10H14O2/c1-5-4-8-6(2)9(11)7(3)10(5)12-8/h4,6-8,10H,1-3H3/t6-,7+,8+,10-/m0/s1. The lowest BCUT2D eigenvalue weighted by Gasteiger charge is -2.31. The molecule has 2 rings (SSSR count). The van der Waals surface area contributed by atoms with Crippen LogP contribution in [-0.4, -0.2) is 18.0 Å². The van der Waals surface area contributed by atoms with E-state index in [9.17, 15) is 4.79 Å². The smallest absolute Gasteiger partial charge is 0.144 e. The third-order valence-electron chi connectivity index (χ3n) is 3.02. The van der Waals surface area contributed by atoms with E-state index in [4.69, 9.17) is 4.74 Å². The number of ketones is 1. The van der Waals surface area contributed by atoms with Crippen LogP contribution in [0.15, 0.2) is 11.6 Å². The number of Topliss-reactive ketones (excluding diaryl/α,β-unsaturated/α-hetero) is 1. The van der Waals surface area contributed by atoms with E-state index in [1.165, 1.54) is 5.57 Å². The van der Waals surface area contributed by atoms with Crippen molar-refractivity contribution in [3.63, 3.8) is 0 Å². The molecule has 0 saturated carbocycles. The quantitative estimate of drug-likeness (QED) is 0.510. The molecule has 4 atom stereocenters. The van der Waals surface area contributed by atoms with Crippen LogP contribution >= 0.6 is 0 Å². The van der Waals surface area contributed by atoms with Crippen LogP contribution in [0.4, 0.5) is 0 Å². The second kappa shape index (κ2) is 2.43. The molecule has 66 valence electrons. The Morgan fingerprint density at radius 1 is 1.33 bits per heavy atom. The maximum Gasteiger partial charge on any atom is 0.144 e. The average molecular weight is 166 g/mol. The molecule has 1 saturated heterocycles. The molecule has 2 heterocycles. The second-order valence-corrected chi connectivity index (χ2v) is 3.91.